The van der Waals surface area contributed by atoms with Crippen LogP contribution in [0.5, 0.6) is 11.5 Å². The SMILES string of the molecule is COc1cc(N2CCN(C)CC2)nc(N2C[C@@H](c3c(F)cc(OC)cc3F)[C@H](NC(=O)c3ccc(Cl)cc3)C2=O)c1. The molecule has 12 heteroatoms. The summed E-state index contributed by atoms with van der Waals surface area (Å²) in [5, 5.41) is 3.13. The second kappa shape index (κ2) is 11.9. The summed E-state index contributed by atoms with van der Waals surface area (Å²) in [4.78, 5) is 37.4. The second-order valence-corrected chi connectivity index (χ2v) is 10.5. The third-order valence-electron chi connectivity index (χ3n) is 7.48. The lowest BCUT2D eigenvalue weighted by molar-refractivity contribution is -0.118. The summed E-state index contributed by atoms with van der Waals surface area (Å²) in [7, 11) is 4.86. The van der Waals surface area contributed by atoms with Crippen LogP contribution in [0.2, 0.25) is 5.02 Å². The normalized spacial score (nSPS) is 19.4. The van der Waals surface area contributed by atoms with Crippen LogP contribution >= 0.6 is 11.6 Å². The fourth-order valence-corrected chi connectivity index (χ4v) is 5.28. The van der Waals surface area contributed by atoms with Crippen LogP contribution in [-0.4, -0.2) is 81.7 Å². The number of aromatic nitrogens is 1. The van der Waals surface area contributed by atoms with Gasteiger partial charge in [0.15, 0.2) is 0 Å². The quantitative estimate of drug-likeness (QED) is 0.452. The summed E-state index contributed by atoms with van der Waals surface area (Å²) in [6.07, 6.45) is 0. The largest absolute Gasteiger partial charge is 0.497 e. The van der Waals surface area contributed by atoms with Crippen LogP contribution < -0.4 is 24.6 Å². The van der Waals surface area contributed by atoms with E-state index in [1.807, 2.05) is 7.05 Å². The molecule has 2 aromatic carbocycles. The van der Waals surface area contributed by atoms with E-state index in [1.54, 1.807) is 24.3 Å². The molecule has 3 aromatic rings. The number of nitrogens with zero attached hydrogens (tertiary/aromatic N) is 4. The van der Waals surface area contributed by atoms with E-state index in [1.165, 1.54) is 31.3 Å². The maximum Gasteiger partial charge on any atom is 0.251 e. The number of rotatable bonds is 7. The van der Waals surface area contributed by atoms with E-state index in [0.717, 1.165) is 38.3 Å². The second-order valence-electron chi connectivity index (χ2n) is 10.0. The number of carbonyl (C=O) groups excluding carboxylic acids is 2. The van der Waals surface area contributed by atoms with Crippen LogP contribution in [0, 0.1) is 11.6 Å². The summed E-state index contributed by atoms with van der Waals surface area (Å²) in [5.74, 6) is -2.63. The number of anilines is 2. The van der Waals surface area contributed by atoms with Gasteiger partial charge in [-0.3, -0.25) is 14.5 Å². The number of hydrogen-bond donors (Lipinski definition) is 1. The molecule has 2 amide bonds. The van der Waals surface area contributed by atoms with Crippen LogP contribution in [0.4, 0.5) is 20.4 Å². The highest BCUT2D eigenvalue weighted by Crippen LogP contribution is 2.37. The molecule has 3 heterocycles. The van der Waals surface area contributed by atoms with Crippen molar-refractivity contribution in [2.24, 2.45) is 0 Å². The van der Waals surface area contributed by atoms with E-state index < -0.39 is 35.4 Å². The molecule has 2 aliphatic rings. The van der Waals surface area contributed by atoms with E-state index in [-0.39, 0.29) is 29.2 Å². The first-order valence-electron chi connectivity index (χ1n) is 13.1. The molecule has 1 aromatic heterocycles. The zero-order chi connectivity index (χ0) is 29.3. The lowest BCUT2D eigenvalue weighted by atomic mass is 9.92. The molecule has 1 N–H and O–H groups in total. The molecule has 5 rings (SSSR count). The van der Waals surface area contributed by atoms with Gasteiger partial charge in [-0.25, -0.2) is 13.8 Å². The average Bonchev–Trinajstić information content (AvgIpc) is 3.28. The predicted molar refractivity (Wildman–Crippen MR) is 151 cm³/mol. The van der Waals surface area contributed by atoms with Gasteiger partial charge in [0.25, 0.3) is 11.8 Å². The van der Waals surface area contributed by atoms with Gasteiger partial charge in [-0.05, 0) is 31.3 Å². The van der Waals surface area contributed by atoms with Crippen molar-refractivity contribution in [3.63, 3.8) is 0 Å². The molecule has 0 bridgehead atoms. The van der Waals surface area contributed by atoms with Gasteiger partial charge in [0.1, 0.15) is 40.8 Å². The minimum atomic E-state index is -1.28. The molecular weight excluding hydrogens is 556 g/mol. The Bertz CT molecular complexity index is 1430. The summed E-state index contributed by atoms with van der Waals surface area (Å²) in [6.45, 7) is 3.01. The number of pyridine rings is 1. The van der Waals surface area contributed by atoms with E-state index in [2.05, 4.69) is 15.1 Å². The monoisotopic (exact) mass is 585 g/mol. The summed E-state index contributed by atoms with van der Waals surface area (Å²) >= 11 is 5.95. The van der Waals surface area contributed by atoms with Gasteiger partial charge in [0, 0.05) is 79.1 Å². The zero-order valence-electron chi connectivity index (χ0n) is 22.9. The fraction of sp³-hybridized carbons (Fsp3) is 0.345. The standard InChI is InChI=1S/C29H30ClF2N5O4/c1-35-8-10-36(11-9-35)24-14-20(41-3)15-25(33-24)37-16-21(26-22(31)12-19(40-2)13-23(26)32)27(29(37)39)34-28(38)17-4-6-18(30)7-5-17/h4-7,12-15,21,27H,8-11,16H2,1-3H3,(H,34,38)/t21-,27-/m0/s1. The van der Waals surface area contributed by atoms with Gasteiger partial charge in [-0.15, -0.1) is 0 Å². The third-order valence-corrected chi connectivity index (χ3v) is 7.73. The van der Waals surface area contributed by atoms with Gasteiger partial charge in [0.05, 0.1) is 14.2 Å². The van der Waals surface area contributed by atoms with Crippen molar-refractivity contribution >= 4 is 35.1 Å². The van der Waals surface area contributed by atoms with Gasteiger partial charge < -0.3 is 24.6 Å². The number of ether oxygens (including phenoxy) is 2. The maximum atomic E-state index is 15.3. The Morgan fingerprint density at radius 1 is 0.951 bits per heavy atom. The van der Waals surface area contributed by atoms with Crippen molar-refractivity contribution in [1.29, 1.82) is 0 Å². The van der Waals surface area contributed by atoms with Crippen LogP contribution in [0.1, 0.15) is 21.8 Å². The highest BCUT2D eigenvalue weighted by atomic mass is 35.5. The van der Waals surface area contributed by atoms with Gasteiger partial charge in [-0.2, -0.15) is 0 Å². The molecule has 2 saturated heterocycles. The Labute approximate surface area is 241 Å². The molecule has 2 aliphatic heterocycles. The van der Waals surface area contributed by atoms with Gasteiger partial charge in [0.2, 0.25) is 0 Å². The first-order chi connectivity index (χ1) is 19.7. The van der Waals surface area contributed by atoms with E-state index in [4.69, 9.17) is 26.1 Å². The van der Waals surface area contributed by atoms with Crippen molar-refractivity contribution < 1.29 is 27.8 Å². The molecule has 9 nitrogen and oxygen atoms in total. The van der Waals surface area contributed by atoms with Crippen LogP contribution in [-0.2, 0) is 4.79 Å². The number of nitrogens with one attached hydrogen (secondary N) is 1. The highest BCUT2D eigenvalue weighted by molar-refractivity contribution is 6.30. The molecule has 216 valence electrons. The zero-order valence-corrected chi connectivity index (χ0v) is 23.6. The Morgan fingerprint density at radius 3 is 2.15 bits per heavy atom. The summed E-state index contributed by atoms with van der Waals surface area (Å²) in [6, 6.07) is 10.3. The smallest absolute Gasteiger partial charge is 0.251 e. The number of hydrogen-bond acceptors (Lipinski definition) is 7. The van der Waals surface area contributed by atoms with E-state index >= 15 is 8.78 Å². The van der Waals surface area contributed by atoms with Crippen LogP contribution in [0.3, 0.4) is 0 Å². The molecule has 2 fully saturated rings. The Balaban J connectivity index is 1.53. The highest BCUT2D eigenvalue weighted by Gasteiger charge is 2.46. The van der Waals surface area contributed by atoms with Gasteiger partial charge in [-0.1, -0.05) is 11.6 Å². The minimum absolute atomic E-state index is 0.00189. The topological polar surface area (TPSA) is 87.2 Å². The number of amides is 2. The molecule has 0 spiro atoms. The Morgan fingerprint density at radius 2 is 1.54 bits per heavy atom. The van der Waals surface area contributed by atoms with Crippen molar-refractivity contribution in [3.05, 3.63) is 76.3 Å². The molecule has 0 saturated carbocycles. The van der Waals surface area contributed by atoms with E-state index in [9.17, 15) is 9.59 Å². The van der Waals surface area contributed by atoms with Crippen LogP contribution in [0.25, 0.3) is 0 Å². The minimum Gasteiger partial charge on any atom is -0.497 e. The predicted octanol–water partition coefficient (Wildman–Crippen LogP) is 3.71. The summed E-state index contributed by atoms with van der Waals surface area (Å²) < 4.78 is 41.1. The Hall–Kier alpha value is -3.96. The molecule has 0 aliphatic carbocycles. The summed E-state index contributed by atoms with van der Waals surface area (Å²) in [5.41, 5.74) is -0.0859. The first-order valence-corrected chi connectivity index (χ1v) is 13.5. The number of piperazine rings is 1. The number of benzene rings is 2. The fourth-order valence-electron chi connectivity index (χ4n) is 5.15. The van der Waals surface area contributed by atoms with Crippen LogP contribution in [0.15, 0.2) is 48.5 Å². The number of likely N-dealkylation sites (N-methyl/N-ethyl adjacent to an activating group) is 1. The van der Waals surface area contributed by atoms with Gasteiger partial charge >= 0.3 is 0 Å². The molecule has 41 heavy (non-hydrogen) atoms. The maximum absolute atomic E-state index is 15.3. The number of methoxy groups -OCH3 is 2. The number of halogens is 3. The van der Waals surface area contributed by atoms with Crippen molar-refractivity contribution in [2.45, 2.75) is 12.0 Å². The van der Waals surface area contributed by atoms with Crippen molar-refractivity contribution in [1.82, 2.24) is 15.2 Å². The van der Waals surface area contributed by atoms with Crippen molar-refractivity contribution in [2.75, 3.05) is 63.8 Å². The first kappa shape index (κ1) is 28.6. The lowest BCUT2D eigenvalue weighted by Gasteiger charge is -2.33. The molecule has 0 radical (unpaired) electrons. The molecular formula is C29H30ClF2N5O4. The average molecular weight is 586 g/mol. The number of carbonyl (C=O) groups is 2. The third kappa shape index (κ3) is 5.91. The van der Waals surface area contributed by atoms with Crippen molar-refractivity contribution in [3.8, 4) is 11.5 Å². The Kier molecular flexibility index (Phi) is 8.27. The van der Waals surface area contributed by atoms with E-state index in [0.29, 0.717) is 16.6 Å². The molecule has 0 unspecified atom stereocenters. The molecule has 2 atom stereocenters. The lowest BCUT2D eigenvalue weighted by Crippen LogP contribution is -2.45.